The van der Waals surface area contributed by atoms with Crippen LogP contribution in [0.5, 0.6) is 0 Å². The topological polar surface area (TPSA) is 114 Å². The molecule has 36 heavy (non-hydrogen) atoms. The summed E-state index contributed by atoms with van der Waals surface area (Å²) in [6, 6.07) is 5.55. The first-order valence-corrected chi connectivity index (χ1v) is 12.6. The van der Waals surface area contributed by atoms with E-state index in [0.717, 1.165) is 5.56 Å². The van der Waals surface area contributed by atoms with Crippen LogP contribution in [0.25, 0.3) is 0 Å². The number of hydrogen-bond donors (Lipinski definition) is 2. The Balaban J connectivity index is 3.26. The molecular formula is C27H43N3O6. The maximum atomic E-state index is 13.8. The van der Waals surface area contributed by atoms with Crippen molar-refractivity contribution in [1.29, 1.82) is 0 Å². The van der Waals surface area contributed by atoms with Gasteiger partial charge in [-0.3, -0.25) is 14.4 Å². The van der Waals surface area contributed by atoms with E-state index in [1.54, 1.807) is 40.7 Å². The Morgan fingerprint density at radius 3 is 2.28 bits per heavy atom. The number of ether oxygens (including phenoxy) is 2. The van der Waals surface area contributed by atoms with Crippen LogP contribution in [0.15, 0.2) is 24.3 Å². The molecule has 9 nitrogen and oxygen atoms in total. The quantitative estimate of drug-likeness (QED) is 0.417. The molecule has 0 aromatic heterocycles. The fourth-order valence-electron chi connectivity index (χ4n) is 3.74. The molecule has 0 saturated heterocycles. The van der Waals surface area contributed by atoms with Gasteiger partial charge in [0.05, 0.1) is 13.0 Å². The Hall–Kier alpha value is -3.10. The average Bonchev–Trinajstić information content (AvgIpc) is 2.74. The number of aryl methyl sites for hydroxylation is 1. The van der Waals surface area contributed by atoms with E-state index in [9.17, 15) is 19.2 Å². The van der Waals surface area contributed by atoms with Crippen LogP contribution in [0.3, 0.4) is 0 Å². The second-order valence-electron chi connectivity index (χ2n) is 10.1. The Morgan fingerprint density at radius 2 is 1.75 bits per heavy atom. The number of amides is 3. The van der Waals surface area contributed by atoms with E-state index in [-0.39, 0.29) is 37.9 Å². The van der Waals surface area contributed by atoms with Crippen LogP contribution in [-0.2, 0) is 23.9 Å². The first kappa shape index (κ1) is 30.9. The van der Waals surface area contributed by atoms with Gasteiger partial charge in [-0.25, -0.2) is 4.79 Å². The van der Waals surface area contributed by atoms with Crippen LogP contribution >= 0.6 is 0 Å². The fraction of sp³-hybridized carbons (Fsp3) is 0.630. The molecule has 0 heterocycles. The molecule has 0 spiro atoms. The molecule has 1 rings (SSSR count). The van der Waals surface area contributed by atoms with Crippen molar-refractivity contribution in [3.63, 3.8) is 0 Å². The van der Waals surface area contributed by atoms with E-state index in [4.69, 9.17) is 9.47 Å². The zero-order valence-electron chi connectivity index (χ0n) is 23.0. The molecule has 0 fully saturated rings. The Kier molecular flexibility index (Phi) is 12.4. The van der Waals surface area contributed by atoms with Crippen LogP contribution < -0.4 is 10.6 Å². The fourth-order valence-corrected chi connectivity index (χ4v) is 3.74. The summed E-state index contributed by atoms with van der Waals surface area (Å²) >= 11 is 0. The van der Waals surface area contributed by atoms with Crippen molar-refractivity contribution in [3.05, 3.63) is 35.4 Å². The van der Waals surface area contributed by atoms with Gasteiger partial charge in [0.2, 0.25) is 11.8 Å². The van der Waals surface area contributed by atoms with E-state index in [1.807, 2.05) is 39.0 Å². The second-order valence-corrected chi connectivity index (χ2v) is 10.1. The predicted molar refractivity (Wildman–Crippen MR) is 138 cm³/mol. The number of likely N-dealkylation sites (N-methyl/N-ethyl adjacent to an activating group) is 1. The van der Waals surface area contributed by atoms with Crippen molar-refractivity contribution in [2.24, 2.45) is 5.92 Å². The van der Waals surface area contributed by atoms with Gasteiger partial charge in [-0.15, -0.1) is 0 Å². The summed E-state index contributed by atoms with van der Waals surface area (Å²) in [6.07, 6.45) is -0.292. The molecule has 0 bridgehead atoms. The first-order valence-electron chi connectivity index (χ1n) is 12.6. The van der Waals surface area contributed by atoms with Gasteiger partial charge in [0, 0.05) is 13.1 Å². The molecule has 0 aliphatic rings. The van der Waals surface area contributed by atoms with E-state index < -0.39 is 35.7 Å². The number of rotatable bonds is 12. The first-order chi connectivity index (χ1) is 16.8. The van der Waals surface area contributed by atoms with Gasteiger partial charge in [0.25, 0.3) is 0 Å². The molecule has 3 amide bonds. The number of hydrogen-bond acceptors (Lipinski definition) is 6. The summed E-state index contributed by atoms with van der Waals surface area (Å²) in [7, 11) is 0. The third-order valence-electron chi connectivity index (χ3n) is 5.17. The van der Waals surface area contributed by atoms with E-state index in [0.29, 0.717) is 12.0 Å². The number of carbonyl (C=O) groups is 4. The number of carbonyl (C=O) groups excluding carboxylic acids is 4. The van der Waals surface area contributed by atoms with Crippen LogP contribution in [-0.4, -0.2) is 60.1 Å². The summed E-state index contributed by atoms with van der Waals surface area (Å²) in [5, 5.41) is 5.47. The summed E-state index contributed by atoms with van der Waals surface area (Å²) in [6.45, 7) is 15.1. The lowest BCUT2D eigenvalue weighted by Crippen LogP contribution is -2.53. The Bertz CT molecular complexity index is 894. The van der Waals surface area contributed by atoms with Crippen molar-refractivity contribution in [2.75, 3.05) is 19.7 Å². The van der Waals surface area contributed by atoms with Gasteiger partial charge in [0.1, 0.15) is 17.7 Å². The summed E-state index contributed by atoms with van der Waals surface area (Å²) in [5.74, 6) is -1.11. The lowest BCUT2D eigenvalue weighted by atomic mass is 9.98. The van der Waals surface area contributed by atoms with Gasteiger partial charge in [-0.05, 0) is 59.4 Å². The molecule has 2 unspecified atom stereocenters. The van der Waals surface area contributed by atoms with Gasteiger partial charge in [0.15, 0.2) is 0 Å². The van der Waals surface area contributed by atoms with Crippen molar-refractivity contribution < 1.29 is 28.7 Å². The summed E-state index contributed by atoms with van der Waals surface area (Å²) in [4.78, 5) is 52.9. The van der Waals surface area contributed by atoms with Crippen molar-refractivity contribution in [1.82, 2.24) is 15.5 Å². The Morgan fingerprint density at radius 1 is 1.08 bits per heavy atom. The number of nitrogens with zero attached hydrogens (tertiary/aromatic N) is 1. The monoisotopic (exact) mass is 505 g/mol. The van der Waals surface area contributed by atoms with Crippen LogP contribution in [0, 0.1) is 12.8 Å². The highest BCUT2D eigenvalue weighted by Gasteiger charge is 2.35. The van der Waals surface area contributed by atoms with Gasteiger partial charge >= 0.3 is 12.1 Å². The highest BCUT2D eigenvalue weighted by atomic mass is 16.6. The third kappa shape index (κ3) is 10.7. The lowest BCUT2D eigenvalue weighted by molar-refractivity contribution is -0.144. The largest absolute Gasteiger partial charge is 0.466 e. The van der Waals surface area contributed by atoms with Crippen LogP contribution in [0.2, 0.25) is 0 Å². The minimum absolute atomic E-state index is 0.0242. The molecule has 0 saturated carbocycles. The normalized spacial score (nSPS) is 12.9. The SMILES string of the molecule is CCOC(=O)CCNC(=O)C(c1cccc(C)c1)N(CC)C(=O)C(CC(C)C)NC(=O)OC(C)(C)C. The summed E-state index contributed by atoms with van der Waals surface area (Å²) < 4.78 is 10.3. The number of benzene rings is 1. The zero-order chi connectivity index (χ0) is 27.5. The van der Waals surface area contributed by atoms with Crippen LogP contribution in [0.1, 0.15) is 78.5 Å². The third-order valence-corrected chi connectivity index (χ3v) is 5.17. The standard InChI is InChI=1S/C27H43N3O6/c1-9-30(25(33)21(16-18(3)4)29-26(34)36-27(6,7)8)23(20-13-11-12-19(5)17-20)24(32)28-15-14-22(31)35-10-2/h11-13,17-18,21,23H,9-10,14-16H2,1-8H3,(H,28,32)(H,29,34). The van der Waals surface area contributed by atoms with Gasteiger partial charge < -0.3 is 25.0 Å². The molecular weight excluding hydrogens is 462 g/mol. The number of esters is 1. The predicted octanol–water partition coefficient (Wildman–Crippen LogP) is 3.89. The second kappa shape index (κ2) is 14.5. The maximum absolute atomic E-state index is 13.8. The molecule has 0 aliphatic heterocycles. The summed E-state index contributed by atoms with van der Waals surface area (Å²) in [5.41, 5.74) is 0.855. The molecule has 0 radical (unpaired) electrons. The highest BCUT2D eigenvalue weighted by molar-refractivity contribution is 5.92. The molecule has 2 N–H and O–H groups in total. The molecule has 1 aromatic rings. The highest BCUT2D eigenvalue weighted by Crippen LogP contribution is 2.24. The zero-order valence-corrected chi connectivity index (χ0v) is 23.0. The maximum Gasteiger partial charge on any atom is 0.408 e. The van der Waals surface area contributed by atoms with E-state index >= 15 is 0 Å². The van der Waals surface area contributed by atoms with Gasteiger partial charge in [-0.2, -0.15) is 0 Å². The molecule has 0 aliphatic carbocycles. The lowest BCUT2D eigenvalue weighted by Gasteiger charge is -2.34. The number of nitrogens with one attached hydrogen (secondary N) is 2. The van der Waals surface area contributed by atoms with Gasteiger partial charge in [-0.1, -0.05) is 43.7 Å². The van der Waals surface area contributed by atoms with E-state index in [1.165, 1.54) is 4.90 Å². The van der Waals surface area contributed by atoms with Crippen molar-refractivity contribution in [2.45, 2.75) is 85.9 Å². The van der Waals surface area contributed by atoms with E-state index in [2.05, 4.69) is 10.6 Å². The Labute approximate surface area is 215 Å². The molecule has 9 heteroatoms. The molecule has 202 valence electrons. The molecule has 1 aromatic carbocycles. The minimum Gasteiger partial charge on any atom is -0.466 e. The van der Waals surface area contributed by atoms with Crippen molar-refractivity contribution in [3.8, 4) is 0 Å². The average molecular weight is 506 g/mol. The smallest absolute Gasteiger partial charge is 0.408 e. The molecule has 2 atom stereocenters. The van der Waals surface area contributed by atoms with Crippen molar-refractivity contribution >= 4 is 23.9 Å². The van der Waals surface area contributed by atoms with Crippen LogP contribution in [0.4, 0.5) is 4.79 Å². The number of alkyl carbamates (subject to hydrolysis) is 1. The minimum atomic E-state index is -0.945.